The number of ether oxygens (including phenoxy) is 1. The first-order chi connectivity index (χ1) is 9.67. The molecule has 0 atom stereocenters. The van der Waals surface area contributed by atoms with Gasteiger partial charge in [-0.1, -0.05) is 18.3 Å². The minimum absolute atomic E-state index is 0.140. The van der Waals surface area contributed by atoms with E-state index in [0.717, 1.165) is 11.4 Å². The second-order valence-electron chi connectivity index (χ2n) is 4.07. The fourth-order valence-corrected chi connectivity index (χ4v) is 2.15. The first kappa shape index (κ1) is 14.3. The van der Waals surface area contributed by atoms with Crippen molar-refractivity contribution in [2.24, 2.45) is 0 Å². The Morgan fingerprint density at radius 1 is 1.35 bits per heavy atom. The van der Waals surface area contributed by atoms with Gasteiger partial charge in [-0.3, -0.25) is 4.79 Å². The van der Waals surface area contributed by atoms with E-state index in [1.807, 2.05) is 6.92 Å². The molecule has 1 aromatic carbocycles. The van der Waals surface area contributed by atoms with Crippen LogP contribution in [0.15, 0.2) is 24.3 Å². The third kappa shape index (κ3) is 4.20. The molecule has 0 aliphatic carbocycles. The van der Waals surface area contributed by atoms with Gasteiger partial charge in [0.15, 0.2) is 0 Å². The molecule has 0 aliphatic rings. The van der Waals surface area contributed by atoms with Gasteiger partial charge < -0.3 is 15.8 Å². The second-order valence-corrected chi connectivity index (χ2v) is 5.13. The normalized spacial score (nSPS) is 10.2. The summed E-state index contributed by atoms with van der Waals surface area (Å²) in [6, 6.07) is 7.04. The van der Waals surface area contributed by atoms with Crippen LogP contribution in [0.2, 0.25) is 0 Å². The van der Waals surface area contributed by atoms with Crippen molar-refractivity contribution in [3.8, 4) is 5.75 Å². The molecule has 7 heteroatoms. The third-order valence-corrected chi connectivity index (χ3v) is 3.48. The Morgan fingerprint density at radius 2 is 2.10 bits per heavy atom. The number of hydrogen-bond acceptors (Lipinski definition) is 6. The van der Waals surface area contributed by atoms with Gasteiger partial charge >= 0.3 is 0 Å². The lowest BCUT2D eigenvalue weighted by Gasteiger charge is -2.05. The maximum Gasteiger partial charge on any atom is 0.229 e. The molecule has 0 unspecified atom stereocenters. The summed E-state index contributed by atoms with van der Waals surface area (Å²) in [6.45, 7) is 2.29. The lowest BCUT2D eigenvalue weighted by atomic mass is 10.3. The van der Waals surface area contributed by atoms with Crippen molar-refractivity contribution in [2.45, 2.75) is 19.8 Å². The molecule has 0 radical (unpaired) electrons. The van der Waals surface area contributed by atoms with E-state index in [2.05, 4.69) is 15.5 Å². The number of aryl methyl sites for hydroxylation is 1. The van der Waals surface area contributed by atoms with Crippen LogP contribution < -0.4 is 15.8 Å². The van der Waals surface area contributed by atoms with E-state index in [1.54, 1.807) is 24.3 Å². The zero-order chi connectivity index (χ0) is 14.4. The van der Waals surface area contributed by atoms with Crippen molar-refractivity contribution in [3.05, 3.63) is 29.3 Å². The van der Waals surface area contributed by atoms with Gasteiger partial charge in [-0.15, -0.1) is 10.2 Å². The van der Waals surface area contributed by atoms with Crippen molar-refractivity contribution in [1.29, 1.82) is 0 Å². The Hall–Kier alpha value is -2.15. The smallest absolute Gasteiger partial charge is 0.229 e. The molecular weight excluding hydrogens is 276 g/mol. The quantitative estimate of drug-likeness (QED) is 0.796. The van der Waals surface area contributed by atoms with Gasteiger partial charge in [-0.05, 0) is 30.7 Å². The largest absolute Gasteiger partial charge is 0.493 e. The number of nitrogens with one attached hydrogen (secondary N) is 1. The third-order valence-electron chi connectivity index (χ3n) is 2.49. The molecule has 1 heterocycles. The molecule has 0 spiro atoms. The van der Waals surface area contributed by atoms with Crippen LogP contribution in [0.5, 0.6) is 5.75 Å². The highest BCUT2D eigenvalue weighted by Gasteiger charge is 2.07. The first-order valence-corrected chi connectivity index (χ1v) is 7.09. The number of benzene rings is 1. The number of amides is 1. The number of rotatable bonds is 6. The molecule has 106 valence electrons. The molecule has 20 heavy (non-hydrogen) atoms. The van der Waals surface area contributed by atoms with E-state index in [0.29, 0.717) is 23.2 Å². The van der Waals surface area contributed by atoms with Crippen LogP contribution in [-0.4, -0.2) is 22.7 Å². The molecular formula is C13H16N4O2S. The number of nitrogen functional groups attached to an aromatic ring is 1. The van der Waals surface area contributed by atoms with E-state index < -0.39 is 0 Å². The summed E-state index contributed by atoms with van der Waals surface area (Å²) in [5, 5.41) is 11.9. The van der Waals surface area contributed by atoms with E-state index in [1.165, 1.54) is 11.3 Å². The Labute approximate surface area is 121 Å². The van der Waals surface area contributed by atoms with Gasteiger partial charge in [0.2, 0.25) is 11.0 Å². The summed E-state index contributed by atoms with van der Waals surface area (Å²) < 4.78 is 5.45. The van der Waals surface area contributed by atoms with E-state index in [4.69, 9.17) is 10.5 Å². The number of anilines is 2. The zero-order valence-corrected chi connectivity index (χ0v) is 11.9. The van der Waals surface area contributed by atoms with Crippen LogP contribution in [-0.2, 0) is 11.2 Å². The summed E-state index contributed by atoms with van der Waals surface area (Å²) in [4.78, 5) is 11.7. The van der Waals surface area contributed by atoms with Crippen molar-refractivity contribution < 1.29 is 9.53 Å². The van der Waals surface area contributed by atoms with Crippen molar-refractivity contribution in [2.75, 3.05) is 17.7 Å². The molecule has 1 aromatic heterocycles. The molecule has 0 saturated carbocycles. The second kappa shape index (κ2) is 6.85. The lowest BCUT2D eigenvalue weighted by molar-refractivity contribution is -0.116. The van der Waals surface area contributed by atoms with Crippen LogP contribution in [0.4, 0.5) is 10.8 Å². The summed E-state index contributed by atoms with van der Waals surface area (Å²) in [5.74, 6) is 0.551. The maximum absolute atomic E-state index is 11.7. The molecule has 0 aliphatic heterocycles. The number of hydrogen-bond donors (Lipinski definition) is 2. The number of carbonyl (C=O) groups excluding carboxylic acids is 1. The molecule has 1 amide bonds. The fraction of sp³-hybridized carbons (Fsp3) is 0.308. The monoisotopic (exact) mass is 292 g/mol. The van der Waals surface area contributed by atoms with Gasteiger partial charge in [-0.25, -0.2) is 0 Å². The predicted octanol–water partition coefficient (Wildman–Crippen LogP) is 2.09. The molecule has 3 N–H and O–H groups in total. The molecule has 2 aromatic rings. The SMILES string of the molecule is CCc1nnc(NC(=O)CCOc2ccc(N)cc2)s1. The van der Waals surface area contributed by atoms with Crippen LogP contribution in [0, 0.1) is 0 Å². The molecule has 2 rings (SSSR count). The average molecular weight is 292 g/mol. The minimum atomic E-state index is -0.140. The minimum Gasteiger partial charge on any atom is -0.493 e. The molecule has 6 nitrogen and oxygen atoms in total. The van der Waals surface area contributed by atoms with Crippen molar-refractivity contribution in [3.63, 3.8) is 0 Å². The van der Waals surface area contributed by atoms with Gasteiger partial charge in [0.1, 0.15) is 10.8 Å². The summed E-state index contributed by atoms with van der Waals surface area (Å²) in [6.07, 6.45) is 1.07. The summed E-state index contributed by atoms with van der Waals surface area (Å²) in [7, 11) is 0. The van der Waals surface area contributed by atoms with Crippen LogP contribution in [0.25, 0.3) is 0 Å². The maximum atomic E-state index is 11.7. The first-order valence-electron chi connectivity index (χ1n) is 6.28. The Balaban J connectivity index is 1.73. The highest BCUT2D eigenvalue weighted by molar-refractivity contribution is 7.15. The zero-order valence-electron chi connectivity index (χ0n) is 11.1. The number of nitrogens with two attached hydrogens (primary N) is 1. The van der Waals surface area contributed by atoms with Crippen molar-refractivity contribution >= 4 is 28.1 Å². The lowest BCUT2D eigenvalue weighted by Crippen LogP contribution is -2.15. The Kier molecular flexibility index (Phi) is 4.89. The topological polar surface area (TPSA) is 90.1 Å². The standard InChI is InChI=1S/C13H16N4O2S/c1-2-12-16-17-13(20-12)15-11(18)7-8-19-10-5-3-9(14)4-6-10/h3-6H,2,7-8,14H2,1H3,(H,15,17,18). The van der Waals surface area contributed by atoms with Gasteiger partial charge in [0, 0.05) is 5.69 Å². The number of nitrogens with zero attached hydrogens (tertiary/aromatic N) is 2. The van der Waals surface area contributed by atoms with Crippen LogP contribution >= 0.6 is 11.3 Å². The average Bonchev–Trinajstić information content (AvgIpc) is 2.88. The molecule has 0 saturated heterocycles. The summed E-state index contributed by atoms with van der Waals surface area (Å²) in [5.41, 5.74) is 6.25. The van der Waals surface area contributed by atoms with E-state index >= 15 is 0 Å². The van der Waals surface area contributed by atoms with Gasteiger partial charge in [0.05, 0.1) is 13.0 Å². The van der Waals surface area contributed by atoms with Crippen LogP contribution in [0.1, 0.15) is 18.4 Å². The Bertz CT molecular complexity index is 568. The van der Waals surface area contributed by atoms with Gasteiger partial charge in [-0.2, -0.15) is 0 Å². The van der Waals surface area contributed by atoms with E-state index in [9.17, 15) is 4.79 Å². The van der Waals surface area contributed by atoms with Crippen molar-refractivity contribution in [1.82, 2.24) is 10.2 Å². The van der Waals surface area contributed by atoms with E-state index in [-0.39, 0.29) is 12.3 Å². The Morgan fingerprint density at radius 3 is 2.75 bits per heavy atom. The number of carbonyl (C=O) groups is 1. The summed E-state index contributed by atoms with van der Waals surface area (Å²) >= 11 is 1.38. The van der Waals surface area contributed by atoms with Gasteiger partial charge in [0.25, 0.3) is 0 Å². The number of aromatic nitrogens is 2. The highest BCUT2D eigenvalue weighted by Crippen LogP contribution is 2.16. The fourth-order valence-electron chi connectivity index (χ4n) is 1.45. The van der Waals surface area contributed by atoms with Crippen LogP contribution in [0.3, 0.4) is 0 Å². The molecule has 0 fully saturated rings. The highest BCUT2D eigenvalue weighted by atomic mass is 32.1. The predicted molar refractivity (Wildman–Crippen MR) is 78.9 cm³/mol. The molecule has 0 bridgehead atoms.